The Labute approximate surface area is 152 Å². The highest BCUT2D eigenvalue weighted by Crippen LogP contribution is 2.34. The maximum Gasteiger partial charge on any atom is 0.200 e. The summed E-state index contributed by atoms with van der Waals surface area (Å²) in [4.78, 5) is 27.1. The van der Waals surface area contributed by atoms with Crippen molar-refractivity contribution >= 4 is 22.4 Å². The van der Waals surface area contributed by atoms with E-state index in [1.54, 1.807) is 6.20 Å². The molecule has 4 nitrogen and oxygen atoms in total. The average Bonchev–Trinajstić information content (AvgIpc) is 3.03. The summed E-state index contributed by atoms with van der Waals surface area (Å²) < 4.78 is 1.90. The second-order valence-corrected chi connectivity index (χ2v) is 7.20. The molecule has 0 amide bonds. The van der Waals surface area contributed by atoms with Crippen molar-refractivity contribution in [1.29, 1.82) is 0 Å². The molecule has 2 heterocycles. The van der Waals surface area contributed by atoms with E-state index in [0.29, 0.717) is 5.39 Å². The summed E-state index contributed by atoms with van der Waals surface area (Å²) in [7, 11) is 1.89. The van der Waals surface area contributed by atoms with Crippen molar-refractivity contribution in [3.05, 3.63) is 74.6 Å². The highest BCUT2D eigenvalue weighted by molar-refractivity contribution is 5.99. The number of anilines is 1. The van der Waals surface area contributed by atoms with Gasteiger partial charge in [-0.3, -0.25) is 9.59 Å². The van der Waals surface area contributed by atoms with Crippen LogP contribution < -0.4 is 10.3 Å². The Morgan fingerprint density at radius 3 is 2.23 bits per heavy atom. The van der Waals surface area contributed by atoms with Gasteiger partial charge in [0.15, 0.2) is 11.2 Å². The Kier molecular flexibility index (Phi) is 3.72. The summed E-state index contributed by atoms with van der Waals surface area (Å²) in [6.07, 6.45) is 1.66. The van der Waals surface area contributed by atoms with Gasteiger partial charge in [0.1, 0.15) is 0 Å². The molecule has 1 aromatic heterocycles. The summed E-state index contributed by atoms with van der Waals surface area (Å²) in [5, 5.41) is 0.651. The highest BCUT2D eigenvalue weighted by atomic mass is 16.1. The minimum atomic E-state index is -0.191. The van der Waals surface area contributed by atoms with E-state index in [0.717, 1.165) is 35.4 Å². The third-order valence-electron chi connectivity index (χ3n) is 5.59. The summed E-state index contributed by atoms with van der Waals surface area (Å²) in [5.41, 5.74) is 6.87. The van der Waals surface area contributed by atoms with Crippen LogP contribution in [0.5, 0.6) is 0 Å². The molecular weight excluding hydrogens is 324 g/mol. The fraction of sp³-hybridized carbons (Fsp3) is 0.273. The molecular formula is C22H22N2O2. The Morgan fingerprint density at radius 2 is 1.65 bits per heavy atom. The topological polar surface area (TPSA) is 42.3 Å². The zero-order chi connectivity index (χ0) is 18.6. The van der Waals surface area contributed by atoms with Crippen LogP contribution in [0.4, 0.5) is 5.69 Å². The summed E-state index contributed by atoms with van der Waals surface area (Å²) in [6.45, 7) is 7.24. The molecule has 0 N–H and O–H groups in total. The molecule has 2 aromatic carbocycles. The normalized spacial score (nSPS) is 13.3. The lowest BCUT2D eigenvalue weighted by molar-refractivity contribution is 0.101. The van der Waals surface area contributed by atoms with Crippen LogP contribution in [0.1, 0.15) is 39.5 Å². The number of fused-ring (bicyclic) bond motifs is 2. The van der Waals surface area contributed by atoms with E-state index in [2.05, 4.69) is 42.2 Å². The third kappa shape index (κ3) is 2.37. The second-order valence-electron chi connectivity index (χ2n) is 7.20. The van der Waals surface area contributed by atoms with Gasteiger partial charge in [-0.2, -0.15) is 0 Å². The molecule has 132 valence electrons. The van der Waals surface area contributed by atoms with Crippen LogP contribution in [0.2, 0.25) is 0 Å². The number of aryl methyl sites for hydroxylation is 2. The van der Waals surface area contributed by atoms with Crippen molar-refractivity contribution in [3.8, 4) is 0 Å². The summed E-state index contributed by atoms with van der Waals surface area (Å²) in [6, 6.07) is 10.6. The molecule has 0 radical (unpaired) electrons. The first-order valence-corrected chi connectivity index (χ1v) is 8.84. The Hall–Kier alpha value is -2.88. The fourth-order valence-electron chi connectivity index (χ4n) is 3.99. The molecule has 4 heteroatoms. The zero-order valence-electron chi connectivity index (χ0n) is 15.6. The summed E-state index contributed by atoms with van der Waals surface area (Å²) >= 11 is 0. The number of carbonyl (C=O) groups is 1. The van der Waals surface area contributed by atoms with E-state index in [-0.39, 0.29) is 16.8 Å². The largest absolute Gasteiger partial charge is 0.363 e. The second kappa shape index (κ2) is 5.84. The van der Waals surface area contributed by atoms with Gasteiger partial charge in [-0.15, -0.1) is 0 Å². The van der Waals surface area contributed by atoms with Crippen molar-refractivity contribution in [1.82, 2.24) is 4.57 Å². The first-order chi connectivity index (χ1) is 12.4. The Morgan fingerprint density at radius 1 is 1.04 bits per heavy atom. The number of aromatic nitrogens is 1. The number of hydrogen-bond acceptors (Lipinski definition) is 3. The minimum absolute atomic E-state index is 0.164. The van der Waals surface area contributed by atoms with Gasteiger partial charge in [0, 0.05) is 37.4 Å². The Bertz CT molecular complexity index is 1100. The number of nitrogens with zero attached hydrogens (tertiary/aromatic N) is 2. The average molecular weight is 346 g/mol. The molecule has 0 atom stereocenters. The molecule has 0 saturated carbocycles. The van der Waals surface area contributed by atoms with E-state index >= 15 is 0 Å². The number of rotatable bonds is 2. The predicted molar refractivity (Wildman–Crippen MR) is 105 cm³/mol. The molecule has 1 aliphatic heterocycles. The van der Waals surface area contributed by atoms with Gasteiger partial charge in [0.25, 0.3) is 0 Å². The molecule has 1 aliphatic rings. The van der Waals surface area contributed by atoms with Crippen LogP contribution in [-0.4, -0.2) is 10.4 Å². The van der Waals surface area contributed by atoms with E-state index in [4.69, 9.17) is 0 Å². The van der Waals surface area contributed by atoms with Crippen LogP contribution in [-0.2, 0) is 20.1 Å². The summed E-state index contributed by atoms with van der Waals surface area (Å²) in [5.74, 6) is -0.191. The number of ketones is 1. The first-order valence-electron chi connectivity index (χ1n) is 8.84. The lowest BCUT2D eigenvalue weighted by Crippen LogP contribution is -2.20. The maximum atomic E-state index is 12.9. The molecule has 0 unspecified atom stereocenters. The van der Waals surface area contributed by atoms with Crippen LogP contribution in [0.25, 0.3) is 10.9 Å². The number of carbonyl (C=O) groups excluding carboxylic acids is 1. The van der Waals surface area contributed by atoms with Gasteiger partial charge in [-0.05, 0) is 49.1 Å². The molecule has 4 rings (SSSR count). The SMILES string of the molecule is CC(=O)c1cn(C)c2cc(N3Cc4ccccc4C3)c(C)c(C)c2c1=O. The Balaban J connectivity index is 1.93. The molecule has 0 bridgehead atoms. The highest BCUT2D eigenvalue weighted by Gasteiger charge is 2.23. The zero-order valence-corrected chi connectivity index (χ0v) is 15.6. The number of hydrogen-bond donors (Lipinski definition) is 0. The minimum Gasteiger partial charge on any atom is -0.363 e. The van der Waals surface area contributed by atoms with Crippen LogP contribution in [0, 0.1) is 13.8 Å². The molecule has 3 aromatic rings. The molecule has 0 fully saturated rings. The quantitative estimate of drug-likeness (QED) is 0.661. The number of benzene rings is 2. The number of Topliss-reactive ketones (excluding diaryl/α,β-unsaturated/α-hetero) is 1. The van der Waals surface area contributed by atoms with Crippen molar-refractivity contribution in [3.63, 3.8) is 0 Å². The lowest BCUT2D eigenvalue weighted by atomic mass is 9.98. The third-order valence-corrected chi connectivity index (χ3v) is 5.59. The monoisotopic (exact) mass is 346 g/mol. The van der Waals surface area contributed by atoms with Gasteiger partial charge in [0.05, 0.1) is 11.1 Å². The lowest BCUT2D eigenvalue weighted by Gasteiger charge is -2.23. The van der Waals surface area contributed by atoms with Gasteiger partial charge in [0.2, 0.25) is 0 Å². The van der Waals surface area contributed by atoms with Gasteiger partial charge in [-0.1, -0.05) is 24.3 Å². The van der Waals surface area contributed by atoms with Crippen molar-refractivity contribution in [2.75, 3.05) is 4.90 Å². The molecule has 0 aliphatic carbocycles. The standard InChI is InChI=1S/C22H22N2O2/c1-13-14(2)21-20(23(4)12-18(15(3)25)22(21)26)9-19(13)24-10-16-7-5-6-8-17(16)11-24/h5-9,12H,10-11H2,1-4H3. The predicted octanol–water partition coefficient (Wildman–Crippen LogP) is 3.88. The van der Waals surface area contributed by atoms with E-state index < -0.39 is 0 Å². The maximum absolute atomic E-state index is 12.9. The van der Waals surface area contributed by atoms with Crippen molar-refractivity contribution in [2.45, 2.75) is 33.9 Å². The van der Waals surface area contributed by atoms with Crippen LogP contribution in [0.3, 0.4) is 0 Å². The van der Waals surface area contributed by atoms with E-state index in [1.807, 2.05) is 18.5 Å². The van der Waals surface area contributed by atoms with Crippen LogP contribution >= 0.6 is 0 Å². The first kappa shape index (κ1) is 16.6. The fourth-order valence-corrected chi connectivity index (χ4v) is 3.99. The molecule has 0 saturated heterocycles. The van der Waals surface area contributed by atoms with Gasteiger partial charge < -0.3 is 9.47 Å². The van der Waals surface area contributed by atoms with Crippen LogP contribution in [0.15, 0.2) is 41.3 Å². The van der Waals surface area contributed by atoms with E-state index in [1.165, 1.54) is 18.1 Å². The number of pyridine rings is 1. The van der Waals surface area contributed by atoms with Gasteiger partial charge >= 0.3 is 0 Å². The van der Waals surface area contributed by atoms with E-state index in [9.17, 15) is 9.59 Å². The van der Waals surface area contributed by atoms with Crippen molar-refractivity contribution in [2.24, 2.45) is 7.05 Å². The molecule has 0 spiro atoms. The van der Waals surface area contributed by atoms with Gasteiger partial charge in [-0.25, -0.2) is 0 Å². The molecule has 26 heavy (non-hydrogen) atoms. The smallest absolute Gasteiger partial charge is 0.200 e. The van der Waals surface area contributed by atoms with Crippen molar-refractivity contribution < 1.29 is 4.79 Å².